The first-order chi connectivity index (χ1) is 5.74. The van der Waals surface area contributed by atoms with Gasteiger partial charge in [-0.1, -0.05) is 12.1 Å². The van der Waals surface area contributed by atoms with E-state index in [0.29, 0.717) is 5.75 Å². The molecule has 0 aromatic heterocycles. The molecule has 0 amide bonds. The molecule has 0 bridgehead atoms. The minimum atomic E-state index is 0.165. The zero-order chi connectivity index (χ0) is 8.97. The molecular weight excluding hydrogens is 152 g/mol. The SMILES string of the molecule is CC=COc1cc(C)ccc1O. The number of rotatable bonds is 2. The van der Waals surface area contributed by atoms with Gasteiger partial charge in [-0.25, -0.2) is 0 Å². The van der Waals surface area contributed by atoms with Gasteiger partial charge in [0.2, 0.25) is 0 Å². The first-order valence-corrected chi connectivity index (χ1v) is 3.81. The predicted molar refractivity (Wildman–Crippen MR) is 48.3 cm³/mol. The zero-order valence-electron chi connectivity index (χ0n) is 7.24. The maximum Gasteiger partial charge on any atom is 0.168 e. The Bertz CT molecular complexity index is 290. The van der Waals surface area contributed by atoms with Crippen LogP contribution in [0.1, 0.15) is 12.5 Å². The van der Waals surface area contributed by atoms with Crippen LogP contribution in [-0.2, 0) is 0 Å². The first kappa shape index (κ1) is 8.65. The molecule has 2 nitrogen and oxygen atoms in total. The summed E-state index contributed by atoms with van der Waals surface area (Å²) >= 11 is 0. The third-order valence-corrected chi connectivity index (χ3v) is 1.45. The number of phenols is 1. The van der Waals surface area contributed by atoms with E-state index >= 15 is 0 Å². The lowest BCUT2D eigenvalue weighted by atomic mass is 10.2. The molecule has 0 saturated carbocycles. The Kier molecular flexibility index (Phi) is 2.75. The lowest BCUT2D eigenvalue weighted by Crippen LogP contribution is -1.83. The van der Waals surface area contributed by atoms with Gasteiger partial charge >= 0.3 is 0 Å². The van der Waals surface area contributed by atoms with Crippen LogP contribution < -0.4 is 4.74 Å². The number of hydrogen-bond donors (Lipinski definition) is 1. The van der Waals surface area contributed by atoms with Gasteiger partial charge in [-0.2, -0.15) is 0 Å². The maximum absolute atomic E-state index is 9.30. The quantitative estimate of drug-likeness (QED) is 0.681. The Morgan fingerprint density at radius 2 is 2.17 bits per heavy atom. The first-order valence-electron chi connectivity index (χ1n) is 3.81. The highest BCUT2D eigenvalue weighted by molar-refractivity contribution is 5.41. The van der Waals surface area contributed by atoms with E-state index in [1.54, 1.807) is 18.2 Å². The van der Waals surface area contributed by atoms with Crippen molar-refractivity contribution in [1.82, 2.24) is 0 Å². The molecule has 2 heteroatoms. The maximum atomic E-state index is 9.30. The van der Waals surface area contributed by atoms with Crippen LogP contribution in [-0.4, -0.2) is 5.11 Å². The molecule has 0 saturated heterocycles. The van der Waals surface area contributed by atoms with Crippen LogP contribution in [0.3, 0.4) is 0 Å². The summed E-state index contributed by atoms with van der Waals surface area (Å²) in [7, 11) is 0. The number of benzene rings is 1. The Hall–Kier alpha value is -1.44. The van der Waals surface area contributed by atoms with Crippen molar-refractivity contribution in [1.29, 1.82) is 0 Å². The largest absolute Gasteiger partial charge is 0.504 e. The molecule has 1 rings (SSSR count). The van der Waals surface area contributed by atoms with Crippen molar-refractivity contribution in [3.8, 4) is 11.5 Å². The second-order valence-electron chi connectivity index (χ2n) is 2.56. The van der Waals surface area contributed by atoms with Gasteiger partial charge in [0, 0.05) is 0 Å². The predicted octanol–water partition coefficient (Wildman–Crippen LogP) is 2.61. The summed E-state index contributed by atoms with van der Waals surface area (Å²) in [6, 6.07) is 5.24. The normalized spacial score (nSPS) is 10.5. The Morgan fingerprint density at radius 1 is 1.42 bits per heavy atom. The molecule has 0 radical (unpaired) electrons. The van der Waals surface area contributed by atoms with Gasteiger partial charge in [0.1, 0.15) is 0 Å². The van der Waals surface area contributed by atoms with Crippen molar-refractivity contribution >= 4 is 0 Å². The Balaban J connectivity index is 2.89. The van der Waals surface area contributed by atoms with E-state index in [1.807, 2.05) is 19.9 Å². The number of ether oxygens (including phenoxy) is 1. The van der Waals surface area contributed by atoms with Gasteiger partial charge < -0.3 is 9.84 Å². The van der Waals surface area contributed by atoms with E-state index in [2.05, 4.69) is 0 Å². The van der Waals surface area contributed by atoms with E-state index in [4.69, 9.17) is 4.74 Å². The zero-order valence-corrected chi connectivity index (χ0v) is 7.24. The lowest BCUT2D eigenvalue weighted by Gasteiger charge is -2.03. The third-order valence-electron chi connectivity index (χ3n) is 1.45. The Morgan fingerprint density at radius 3 is 2.83 bits per heavy atom. The van der Waals surface area contributed by atoms with Crippen molar-refractivity contribution in [2.75, 3.05) is 0 Å². The molecule has 64 valence electrons. The van der Waals surface area contributed by atoms with Crippen LogP contribution in [0.2, 0.25) is 0 Å². The second kappa shape index (κ2) is 3.81. The molecule has 12 heavy (non-hydrogen) atoms. The molecule has 0 unspecified atom stereocenters. The van der Waals surface area contributed by atoms with Crippen molar-refractivity contribution in [2.24, 2.45) is 0 Å². The molecular formula is C10H12O2. The van der Waals surface area contributed by atoms with Crippen LogP contribution in [0.25, 0.3) is 0 Å². The van der Waals surface area contributed by atoms with E-state index in [9.17, 15) is 5.11 Å². The molecule has 1 aromatic carbocycles. The van der Waals surface area contributed by atoms with Crippen molar-refractivity contribution < 1.29 is 9.84 Å². The Labute approximate surface area is 72.1 Å². The highest BCUT2D eigenvalue weighted by Crippen LogP contribution is 2.26. The van der Waals surface area contributed by atoms with Gasteiger partial charge in [-0.05, 0) is 31.5 Å². The summed E-state index contributed by atoms with van der Waals surface area (Å²) in [5.74, 6) is 0.659. The molecule has 0 aliphatic rings. The summed E-state index contributed by atoms with van der Waals surface area (Å²) in [5.41, 5.74) is 1.06. The molecule has 0 fully saturated rings. The van der Waals surface area contributed by atoms with Crippen molar-refractivity contribution in [2.45, 2.75) is 13.8 Å². The topological polar surface area (TPSA) is 29.5 Å². The highest BCUT2D eigenvalue weighted by atomic mass is 16.5. The van der Waals surface area contributed by atoms with Crippen LogP contribution in [0.4, 0.5) is 0 Å². The number of aryl methyl sites for hydroxylation is 1. The summed E-state index contributed by atoms with van der Waals surface area (Å²) in [6.07, 6.45) is 3.30. The van der Waals surface area contributed by atoms with Gasteiger partial charge in [-0.3, -0.25) is 0 Å². The van der Waals surface area contributed by atoms with E-state index in [0.717, 1.165) is 5.56 Å². The summed E-state index contributed by atoms with van der Waals surface area (Å²) < 4.78 is 5.14. The standard InChI is InChI=1S/C10H12O2/c1-3-6-12-10-7-8(2)4-5-9(10)11/h3-7,11H,1-2H3. The lowest BCUT2D eigenvalue weighted by molar-refractivity contribution is 0.409. The average Bonchev–Trinajstić information content (AvgIpc) is 2.07. The van der Waals surface area contributed by atoms with Gasteiger partial charge in [0.05, 0.1) is 6.26 Å². The molecule has 0 heterocycles. The van der Waals surface area contributed by atoms with Crippen molar-refractivity contribution in [3.05, 3.63) is 36.1 Å². The third kappa shape index (κ3) is 2.02. The molecule has 1 aromatic rings. The summed E-state index contributed by atoms with van der Waals surface area (Å²) in [6.45, 7) is 3.80. The minimum absolute atomic E-state index is 0.165. The fourth-order valence-electron chi connectivity index (χ4n) is 0.857. The van der Waals surface area contributed by atoms with Gasteiger partial charge in [0.25, 0.3) is 0 Å². The van der Waals surface area contributed by atoms with Crippen LogP contribution in [0.15, 0.2) is 30.5 Å². The van der Waals surface area contributed by atoms with E-state index in [1.165, 1.54) is 6.26 Å². The highest BCUT2D eigenvalue weighted by Gasteiger charge is 1.99. The van der Waals surface area contributed by atoms with Crippen LogP contribution >= 0.6 is 0 Å². The monoisotopic (exact) mass is 164 g/mol. The molecule has 1 N–H and O–H groups in total. The smallest absolute Gasteiger partial charge is 0.168 e. The average molecular weight is 164 g/mol. The molecule has 0 spiro atoms. The second-order valence-corrected chi connectivity index (χ2v) is 2.56. The van der Waals surface area contributed by atoms with E-state index in [-0.39, 0.29) is 5.75 Å². The van der Waals surface area contributed by atoms with Crippen LogP contribution in [0.5, 0.6) is 11.5 Å². The number of hydrogen-bond acceptors (Lipinski definition) is 2. The van der Waals surface area contributed by atoms with Gasteiger partial charge in [-0.15, -0.1) is 0 Å². The molecule has 0 atom stereocenters. The van der Waals surface area contributed by atoms with Gasteiger partial charge in [0.15, 0.2) is 11.5 Å². The minimum Gasteiger partial charge on any atom is -0.504 e. The fourth-order valence-corrected chi connectivity index (χ4v) is 0.857. The molecule has 0 aliphatic heterocycles. The summed E-state index contributed by atoms with van der Waals surface area (Å²) in [4.78, 5) is 0. The number of phenolic OH excluding ortho intramolecular Hbond substituents is 1. The molecule has 0 aliphatic carbocycles. The summed E-state index contributed by atoms with van der Waals surface area (Å²) in [5, 5.41) is 9.30. The van der Waals surface area contributed by atoms with Crippen LogP contribution in [0, 0.1) is 6.92 Å². The number of aromatic hydroxyl groups is 1. The van der Waals surface area contributed by atoms with Crippen molar-refractivity contribution in [3.63, 3.8) is 0 Å². The van der Waals surface area contributed by atoms with E-state index < -0.39 is 0 Å². The number of allylic oxidation sites excluding steroid dienone is 1. The fraction of sp³-hybridized carbons (Fsp3) is 0.200.